The number of furan rings is 1. The quantitative estimate of drug-likeness (QED) is 0.746. The Morgan fingerprint density at radius 2 is 2.19 bits per heavy atom. The van der Waals surface area contributed by atoms with Gasteiger partial charge in [-0.25, -0.2) is 4.79 Å². The lowest BCUT2D eigenvalue weighted by Crippen LogP contribution is -2.64. The van der Waals surface area contributed by atoms with Gasteiger partial charge in [0.05, 0.1) is 25.9 Å². The number of carboxylic acids is 1. The van der Waals surface area contributed by atoms with Gasteiger partial charge >= 0.3 is 5.97 Å². The summed E-state index contributed by atoms with van der Waals surface area (Å²) in [5, 5.41) is 11.0. The number of ether oxygens (including phenoxy) is 1. The minimum atomic E-state index is -1.05. The van der Waals surface area contributed by atoms with Gasteiger partial charge in [0.25, 0.3) is 5.91 Å². The highest BCUT2D eigenvalue weighted by atomic mass is 16.5. The van der Waals surface area contributed by atoms with Gasteiger partial charge in [-0.2, -0.15) is 0 Å². The first-order valence-electron chi connectivity index (χ1n) is 6.35. The van der Waals surface area contributed by atoms with Crippen LogP contribution in [-0.4, -0.2) is 59.6 Å². The Labute approximate surface area is 120 Å². The van der Waals surface area contributed by atoms with Crippen molar-refractivity contribution in [3.63, 3.8) is 0 Å². The first-order valence-corrected chi connectivity index (χ1v) is 6.35. The zero-order chi connectivity index (χ0) is 15.5. The molecule has 2 amide bonds. The van der Waals surface area contributed by atoms with Crippen LogP contribution < -0.4 is 5.32 Å². The number of rotatable bonds is 6. The van der Waals surface area contributed by atoms with E-state index in [2.05, 4.69) is 5.32 Å². The third-order valence-corrected chi connectivity index (χ3v) is 3.09. The van der Waals surface area contributed by atoms with Crippen molar-refractivity contribution in [1.29, 1.82) is 0 Å². The van der Waals surface area contributed by atoms with E-state index in [1.165, 1.54) is 17.2 Å². The smallest absolute Gasteiger partial charge is 0.329 e. The number of carbonyl (C=O) groups excluding carboxylic acids is 2. The van der Waals surface area contributed by atoms with Crippen LogP contribution in [-0.2, 0) is 14.3 Å². The predicted octanol–water partition coefficient (Wildman–Crippen LogP) is -0.288. The molecule has 1 aromatic heterocycles. The van der Waals surface area contributed by atoms with Gasteiger partial charge in [-0.05, 0) is 19.1 Å². The SMILES string of the molecule is CC1(OCC(=O)O)CN(C(=O)CNC(=O)c2ccco2)C1. The molecule has 0 unspecified atom stereocenters. The van der Waals surface area contributed by atoms with Crippen LogP contribution in [0.2, 0.25) is 0 Å². The zero-order valence-electron chi connectivity index (χ0n) is 11.5. The van der Waals surface area contributed by atoms with Crippen molar-refractivity contribution in [3.05, 3.63) is 24.2 Å². The molecule has 0 radical (unpaired) electrons. The van der Waals surface area contributed by atoms with Crippen LogP contribution in [0.1, 0.15) is 17.5 Å². The Morgan fingerprint density at radius 1 is 1.48 bits per heavy atom. The molecule has 0 saturated carbocycles. The maximum absolute atomic E-state index is 11.8. The summed E-state index contributed by atoms with van der Waals surface area (Å²) in [7, 11) is 0. The summed E-state index contributed by atoms with van der Waals surface area (Å²) in [4.78, 5) is 35.3. The third kappa shape index (κ3) is 3.82. The van der Waals surface area contributed by atoms with Crippen molar-refractivity contribution in [2.45, 2.75) is 12.5 Å². The number of nitrogens with zero attached hydrogens (tertiary/aromatic N) is 1. The molecule has 0 aromatic carbocycles. The monoisotopic (exact) mass is 296 g/mol. The Hall–Kier alpha value is -2.35. The zero-order valence-corrected chi connectivity index (χ0v) is 11.5. The molecule has 1 saturated heterocycles. The van der Waals surface area contributed by atoms with Gasteiger partial charge in [0.15, 0.2) is 5.76 Å². The van der Waals surface area contributed by atoms with Crippen LogP contribution in [0, 0.1) is 0 Å². The Kier molecular flexibility index (Phi) is 4.27. The van der Waals surface area contributed by atoms with Gasteiger partial charge in [0.2, 0.25) is 5.91 Å². The van der Waals surface area contributed by atoms with Crippen LogP contribution in [0.15, 0.2) is 22.8 Å². The first kappa shape index (κ1) is 15.0. The second-order valence-corrected chi connectivity index (χ2v) is 5.04. The molecule has 0 bridgehead atoms. The fraction of sp³-hybridized carbons (Fsp3) is 0.462. The van der Waals surface area contributed by atoms with Gasteiger partial charge in [-0.15, -0.1) is 0 Å². The normalized spacial score (nSPS) is 16.1. The van der Waals surface area contributed by atoms with Gasteiger partial charge < -0.3 is 24.5 Å². The predicted molar refractivity (Wildman–Crippen MR) is 69.6 cm³/mol. The van der Waals surface area contributed by atoms with Crippen molar-refractivity contribution in [3.8, 4) is 0 Å². The summed E-state index contributed by atoms with van der Waals surface area (Å²) in [6.45, 7) is 1.80. The van der Waals surface area contributed by atoms with Crippen LogP contribution in [0.3, 0.4) is 0 Å². The van der Waals surface area contributed by atoms with E-state index in [1.54, 1.807) is 13.0 Å². The van der Waals surface area contributed by atoms with E-state index in [0.717, 1.165) is 0 Å². The second kappa shape index (κ2) is 5.96. The van der Waals surface area contributed by atoms with Gasteiger partial charge in [0, 0.05) is 0 Å². The van der Waals surface area contributed by atoms with Gasteiger partial charge in [-0.3, -0.25) is 9.59 Å². The largest absolute Gasteiger partial charge is 0.480 e. The average Bonchev–Trinajstić information content (AvgIpc) is 2.93. The van der Waals surface area contributed by atoms with E-state index in [4.69, 9.17) is 14.3 Å². The molecule has 1 aromatic rings. The molecule has 1 fully saturated rings. The van der Waals surface area contributed by atoms with Crippen LogP contribution in [0.25, 0.3) is 0 Å². The standard InChI is InChI=1S/C13H16N2O6/c1-13(21-6-11(17)18)7-15(8-13)10(16)5-14-12(19)9-3-2-4-20-9/h2-4H,5-8H2,1H3,(H,14,19)(H,17,18). The number of amides is 2. The lowest BCUT2D eigenvalue weighted by Gasteiger charge is -2.47. The topological polar surface area (TPSA) is 109 Å². The molecule has 8 nitrogen and oxygen atoms in total. The minimum Gasteiger partial charge on any atom is -0.480 e. The minimum absolute atomic E-state index is 0.140. The van der Waals surface area contributed by atoms with E-state index >= 15 is 0 Å². The second-order valence-electron chi connectivity index (χ2n) is 5.04. The van der Waals surface area contributed by atoms with Crippen molar-refractivity contribution in [2.75, 3.05) is 26.2 Å². The van der Waals surface area contributed by atoms with Crippen molar-refractivity contribution in [1.82, 2.24) is 10.2 Å². The maximum atomic E-state index is 11.8. The van der Waals surface area contributed by atoms with Crippen LogP contribution in [0.5, 0.6) is 0 Å². The number of hydrogen-bond acceptors (Lipinski definition) is 5. The molecule has 0 atom stereocenters. The van der Waals surface area contributed by atoms with E-state index in [9.17, 15) is 14.4 Å². The Bertz CT molecular complexity index is 533. The molecule has 2 heterocycles. The summed E-state index contributed by atoms with van der Waals surface area (Å²) in [5.41, 5.74) is -0.640. The number of aliphatic carboxylic acids is 1. The summed E-state index contributed by atoms with van der Waals surface area (Å²) >= 11 is 0. The maximum Gasteiger partial charge on any atom is 0.329 e. The van der Waals surface area contributed by atoms with Crippen LogP contribution in [0.4, 0.5) is 0 Å². The van der Waals surface area contributed by atoms with Crippen molar-refractivity contribution in [2.24, 2.45) is 0 Å². The number of likely N-dealkylation sites (tertiary alicyclic amines) is 1. The van der Waals surface area contributed by atoms with Crippen molar-refractivity contribution < 1.29 is 28.6 Å². The lowest BCUT2D eigenvalue weighted by atomic mass is 9.96. The molecule has 2 N–H and O–H groups in total. The summed E-state index contributed by atoms with van der Waals surface area (Å²) in [6, 6.07) is 3.08. The number of carboxylic acid groups (broad SMARTS) is 1. The fourth-order valence-corrected chi connectivity index (χ4v) is 2.03. The van der Waals surface area contributed by atoms with Gasteiger partial charge in [-0.1, -0.05) is 0 Å². The van der Waals surface area contributed by atoms with E-state index in [-0.39, 0.29) is 18.2 Å². The molecule has 8 heteroatoms. The molecular weight excluding hydrogens is 280 g/mol. The summed E-state index contributed by atoms with van der Waals surface area (Å²) in [6.07, 6.45) is 1.37. The molecule has 0 spiro atoms. The molecule has 1 aliphatic rings. The number of hydrogen-bond donors (Lipinski definition) is 2. The van der Waals surface area contributed by atoms with E-state index in [0.29, 0.717) is 13.1 Å². The van der Waals surface area contributed by atoms with Crippen molar-refractivity contribution >= 4 is 17.8 Å². The highest BCUT2D eigenvalue weighted by molar-refractivity contribution is 5.94. The Balaban J connectivity index is 1.71. The molecule has 1 aliphatic heterocycles. The summed E-state index contributed by atoms with van der Waals surface area (Å²) < 4.78 is 10.1. The fourth-order valence-electron chi connectivity index (χ4n) is 2.03. The third-order valence-electron chi connectivity index (χ3n) is 3.09. The number of carbonyl (C=O) groups is 3. The van der Waals surface area contributed by atoms with Crippen LogP contribution >= 0.6 is 0 Å². The lowest BCUT2D eigenvalue weighted by molar-refractivity contribution is -0.172. The Morgan fingerprint density at radius 3 is 2.76 bits per heavy atom. The van der Waals surface area contributed by atoms with E-state index < -0.39 is 24.1 Å². The highest BCUT2D eigenvalue weighted by Gasteiger charge is 2.42. The van der Waals surface area contributed by atoms with Gasteiger partial charge in [0.1, 0.15) is 12.2 Å². The summed E-state index contributed by atoms with van der Waals surface area (Å²) in [5.74, 6) is -1.63. The molecule has 0 aliphatic carbocycles. The molecule has 21 heavy (non-hydrogen) atoms. The average molecular weight is 296 g/mol. The molecule has 114 valence electrons. The molecular formula is C13H16N2O6. The first-order chi connectivity index (χ1) is 9.89. The molecule has 2 rings (SSSR count). The number of nitrogens with one attached hydrogen (secondary N) is 1. The highest BCUT2D eigenvalue weighted by Crippen LogP contribution is 2.24. The van der Waals surface area contributed by atoms with E-state index in [1.807, 2.05) is 0 Å².